The number of aryl methyl sites for hydroxylation is 4. The van der Waals surface area contributed by atoms with Gasteiger partial charge in [0.1, 0.15) is 34.5 Å². The van der Waals surface area contributed by atoms with Crippen LogP contribution in [0.25, 0.3) is 0 Å². The van der Waals surface area contributed by atoms with E-state index in [1.807, 2.05) is 42.5 Å². The van der Waals surface area contributed by atoms with Crippen molar-refractivity contribution in [3.8, 4) is 34.5 Å². The maximum Gasteiger partial charge on any atom is 0.131 e. The number of phenolic OH excluding ortho intramolecular Hbond substituents is 4. The van der Waals surface area contributed by atoms with Gasteiger partial charge in [0.25, 0.3) is 0 Å². The van der Waals surface area contributed by atoms with E-state index < -0.39 is 0 Å². The largest absolute Gasteiger partial charge is 0.508 e. The highest BCUT2D eigenvalue weighted by molar-refractivity contribution is 5.42. The quantitative estimate of drug-likeness (QED) is 0.274. The van der Waals surface area contributed by atoms with Gasteiger partial charge in [-0.15, -0.1) is 0 Å². The van der Waals surface area contributed by atoms with Gasteiger partial charge in [0.05, 0.1) is 0 Å². The predicted molar refractivity (Wildman–Crippen MR) is 127 cm³/mol. The third kappa shape index (κ3) is 6.43. The van der Waals surface area contributed by atoms with Crippen LogP contribution in [0.3, 0.4) is 0 Å². The lowest BCUT2D eigenvalue weighted by Crippen LogP contribution is -1.94. The molecule has 4 rings (SSSR count). The van der Waals surface area contributed by atoms with Gasteiger partial charge in [0, 0.05) is 12.1 Å². The van der Waals surface area contributed by atoms with Crippen LogP contribution in [0.5, 0.6) is 34.5 Å². The van der Waals surface area contributed by atoms with Gasteiger partial charge in [-0.2, -0.15) is 0 Å². The molecular formula is C28H26O5. The molecule has 0 radical (unpaired) electrons. The second-order valence-electron chi connectivity index (χ2n) is 8.11. The van der Waals surface area contributed by atoms with E-state index in [2.05, 4.69) is 0 Å². The van der Waals surface area contributed by atoms with Crippen LogP contribution in [0, 0.1) is 0 Å². The van der Waals surface area contributed by atoms with Crippen molar-refractivity contribution >= 4 is 0 Å². The van der Waals surface area contributed by atoms with Crippen molar-refractivity contribution in [1.82, 2.24) is 0 Å². The van der Waals surface area contributed by atoms with Gasteiger partial charge in [0.2, 0.25) is 0 Å². The second kappa shape index (κ2) is 10.0. The molecule has 0 aliphatic heterocycles. The smallest absolute Gasteiger partial charge is 0.131 e. The molecule has 0 amide bonds. The molecule has 168 valence electrons. The van der Waals surface area contributed by atoms with Crippen LogP contribution in [0.2, 0.25) is 0 Å². The van der Waals surface area contributed by atoms with Gasteiger partial charge >= 0.3 is 0 Å². The zero-order valence-corrected chi connectivity index (χ0v) is 18.1. The van der Waals surface area contributed by atoms with E-state index >= 15 is 0 Å². The highest BCUT2D eigenvalue weighted by atomic mass is 16.5. The summed E-state index contributed by atoms with van der Waals surface area (Å²) in [6.07, 6.45) is 2.90. The molecule has 33 heavy (non-hydrogen) atoms. The minimum atomic E-state index is 0.0566. The fourth-order valence-corrected chi connectivity index (χ4v) is 3.80. The minimum Gasteiger partial charge on any atom is -0.508 e. The molecule has 0 aliphatic rings. The number of rotatable bonds is 8. The van der Waals surface area contributed by atoms with Gasteiger partial charge in [-0.05, 0) is 96.5 Å². The summed E-state index contributed by atoms with van der Waals surface area (Å²) in [6.45, 7) is 0. The lowest BCUT2D eigenvalue weighted by molar-refractivity contribution is 0.449. The van der Waals surface area contributed by atoms with Crippen molar-refractivity contribution in [1.29, 1.82) is 0 Å². The maximum absolute atomic E-state index is 10.1. The summed E-state index contributed by atoms with van der Waals surface area (Å²) in [4.78, 5) is 0. The monoisotopic (exact) mass is 442 g/mol. The van der Waals surface area contributed by atoms with E-state index in [-0.39, 0.29) is 23.0 Å². The van der Waals surface area contributed by atoms with Gasteiger partial charge in [-0.1, -0.05) is 24.3 Å². The Balaban J connectivity index is 1.37. The zero-order chi connectivity index (χ0) is 23.2. The highest BCUT2D eigenvalue weighted by Crippen LogP contribution is 2.28. The van der Waals surface area contributed by atoms with Crippen LogP contribution in [0.4, 0.5) is 0 Å². The van der Waals surface area contributed by atoms with Crippen molar-refractivity contribution in [2.75, 3.05) is 0 Å². The van der Waals surface area contributed by atoms with Crippen LogP contribution in [-0.2, 0) is 25.7 Å². The summed E-state index contributed by atoms with van der Waals surface area (Å²) in [5, 5.41) is 38.9. The summed E-state index contributed by atoms with van der Waals surface area (Å²) in [6, 6.07) is 24.7. The molecule has 4 aromatic rings. The van der Waals surface area contributed by atoms with Crippen molar-refractivity contribution in [2.45, 2.75) is 25.7 Å². The average Bonchev–Trinajstić information content (AvgIpc) is 2.76. The van der Waals surface area contributed by atoms with Gasteiger partial charge in [-0.3, -0.25) is 0 Å². The van der Waals surface area contributed by atoms with E-state index in [0.717, 1.165) is 35.1 Å². The van der Waals surface area contributed by atoms with E-state index in [0.29, 0.717) is 24.3 Å². The Kier molecular flexibility index (Phi) is 6.69. The molecule has 0 fully saturated rings. The predicted octanol–water partition coefficient (Wildman–Crippen LogP) is 5.87. The molecule has 0 saturated heterocycles. The molecule has 0 aromatic heterocycles. The number of benzene rings is 4. The molecule has 0 bridgehead atoms. The highest BCUT2D eigenvalue weighted by Gasteiger charge is 2.06. The molecule has 0 aliphatic carbocycles. The number of hydrogen-bond donors (Lipinski definition) is 4. The van der Waals surface area contributed by atoms with Gasteiger partial charge in [-0.25, -0.2) is 0 Å². The lowest BCUT2D eigenvalue weighted by Gasteiger charge is -2.10. The van der Waals surface area contributed by atoms with E-state index in [9.17, 15) is 20.4 Å². The topological polar surface area (TPSA) is 90.2 Å². The van der Waals surface area contributed by atoms with Crippen molar-refractivity contribution in [3.63, 3.8) is 0 Å². The zero-order valence-electron chi connectivity index (χ0n) is 18.1. The minimum absolute atomic E-state index is 0.0566. The molecular weight excluding hydrogens is 416 g/mol. The van der Waals surface area contributed by atoms with E-state index in [1.165, 1.54) is 6.07 Å². The first kappa shape index (κ1) is 22.1. The normalized spacial score (nSPS) is 10.8. The number of hydrogen-bond acceptors (Lipinski definition) is 5. The third-order valence-corrected chi connectivity index (χ3v) is 5.39. The molecule has 0 unspecified atom stereocenters. The summed E-state index contributed by atoms with van der Waals surface area (Å²) < 4.78 is 5.95. The van der Waals surface area contributed by atoms with Crippen molar-refractivity contribution < 1.29 is 25.2 Å². The van der Waals surface area contributed by atoms with E-state index in [1.54, 1.807) is 36.4 Å². The first-order chi connectivity index (χ1) is 15.9. The Morgan fingerprint density at radius 1 is 0.424 bits per heavy atom. The molecule has 0 atom stereocenters. The summed E-state index contributed by atoms with van der Waals surface area (Å²) in [5.41, 5.74) is 3.94. The van der Waals surface area contributed by atoms with Crippen LogP contribution < -0.4 is 4.74 Å². The SMILES string of the molecule is Oc1cccc(CCc2cc(O)cc(Oc3ccc(CCc4cc(O)cc(O)c4)cc3)c2)c1. The Bertz CT molecular complexity index is 1210. The Labute approximate surface area is 192 Å². The van der Waals surface area contributed by atoms with E-state index in [4.69, 9.17) is 4.74 Å². The molecule has 0 heterocycles. The van der Waals surface area contributed by atoms with Crippen molar-refractivity contribution in [3.05, 3.63) is 107 Å². The van der Waals surface area contributed by atoms with Crippen LogP contribution in [0.1, 0.15) is 22.3 Å². The summed E-state index contributed by atoms with van der Waals surface area (Å²) >= 11 is 0. The average molecular weight is 443 g/mol. The molecule has 0 spiro atoms. The number of aromatic hydroxyl groups is 4. The second-order valence-corrected chi connectivity index (χ2v) is 8.11. The molecule has 5 nitrogen and oxygen atoms in total. The Hall–Kier alpha value is -4.12. The Morgan fingerprint density at radius 2 is 0.970 bits per heavy atom. The van der Waals surface area contributed by atoms with Crippen molar-refractivity contribution in [2.24, 2.45) is 0 Å². The summed E-state index contributed by atoms with van der Waals surface area (Å²) in [7, 11) is 0. The standard InChI is InChI=1S/C28H26O5/c29-23-3-1-2-20(12-23)5-7-22-15-26(32)18-28(16-22)33-27-10-8-19(9-11-27)4-6-21-13-24(30)17-25(31)14-21/h1-3,8-18,29-32H,4-7H2. The van der Waals surface area contributed by atoms with Gasteiger partial charge < -0.3 is 25.2 Å². The van der Waals surface area contributed by atoms with Crippen LogP contribution in [0.15, 0.2) is 84.9 Å². The van der Waals surface area contributed by atoms with Gasteiger partial charge in [0.15, 0.2) is 0 Å². The maximum atomic E-state index is 10.1. The molecule has 5 heteroatoms. The molecule has 4 aromatic carbocycles. The first-order valence-corrected chi connectivity index (χ1v) is 10.8. The first-order valence-electron chi connectivity index (χ1n) is 10.8. The van der Waals surface area contributed by atoms with Crippen LogP contribution in [-0.4, -0.2) is 20.4 Å². The number of phenols is 4. The third-order valence-electron chi connectivity index (χ3n) is 5.39. The molecule has 0 saturated carbocycles. The fraction of sp³-hybridized carbons (Fsp3) is 0.143. The Morgan fingerprint density at radius 3 is 1.64 bits per heavy atom. The fourth-order valence-electron chi connectivity index (χ4n) is 3.80. The number of ether oxygens (including phenoxy) is 1. The van der Waals surface area contributed by atoms with Crippen LogP contribution >= 0.6 is 0 Å². The lowest BCUT2D eigenvalue weighted by atomic mass is 10.0. The molecule has 4 N–H and O–H groups in total. The summed E-state index contributed by atoms with van der Waals surface area (Å²) in [5.74, 6) is 1.73.